The van der Waals surface area contributed by atoms with Crippen LogP contribution in [0, 0.1) is 0 Å². The topological polar surface area (TPSA) is 66.6 Å². The quantitative estimate of drug-likeness (QED) is 0.802. The van der Waals surface area contributed by atoms with Gasteiger partial charge in [-0.15, -0.1) is 0 Å². The standard InChI is InChI=1S/C14H25N3O2/c1-2-12(18)16-8-5-9-17(11-10-16)13(19)14(15)6-3-4-7-14/h2-11,15H2,1H3. The van der Waals surface area contributed by atoms with Crippen LogP contribution in [0.3, 0.4) is 0 Å². The summed E-state index contributed by atoms with van der Waals surface area (Å²) in [6, 6.07) is 0. The highest BCUT2D eigenvalue weighted by molar-refractivity contribution is 5.86. The fourth-order valence-corrected chi connectivity index (χ4v) is 3.13. The van der Waals surface area contributed by atoms with Crippen LogP contribution >= 0.6 is 0 Å². The van der Waals surface area contributed by atoms with Gasteiger partial charge < -0.3 is 15.5 Å². The summed E-state index contributed by atoms with van der Waals surface area (Å²) in [5.41, 5.74) is 5.60. The second-order valence-corrected chi connectivity index (χ2v) is 5.74. The van der Waals surface area contributed by atoms with Gasteiger partial charge in [-0.1, -0.05) is 19.8 Å². The Hall–Kier alpha value is -1.10. The maximum atomic E-state index is 12.5. The van der Waals surface area contributed by atoms with Crippen LogP contribution in [0.2, 0.25) is 0 Å². The Morgan fingerprint density at radius 3 is 2.21 bits per heavy atom. The molecule has 0 radical (unpaired) electrons. The Morgan fingerprint density at radius 1 is 1.00 bits per heavy atom. The fraction of sp³-hybridized carbons (Fsp3) is 0.857. The monoisotopic (exact) mass is 267 g/mol. The first kappa shape index (κ1) is 14.3. The van der Waals surface area contributed by atoms with Crippen LogP contribution in [0.4, 0.5) is 0 Å². The Balaban J connectivity index is 1.95. The van der Waals surface area contributed by atoms with Gasteiger partial charge in [0, 0.05) is 32.6 Å². The zero-order valence-corrected chi connectivity index (χ0v) is 11.9. The maximum Gasteiger partial charge on any atom is 0.242 e. The highest BCUT2D eigenvalue weighted by Crippen LogP contribution is 2.29. The van der Waals surface area contributed by atoms with Crippen molar-refractivity contribution in [2.45, 2.75) is 51.0 Å². The lowest BCUT2D eigenvalue weighted by Gasteiger charge is -2.30. The minimum Gasteiger partial charge on any atom is -0.341 e. The third-order valence-electron chi connectivity index (χ3n) is 4.36. The first-order valence-electron chi connectivity index (χ1n) is 7.43. The van der Waals surface area contributed by atoms with Crippen molar-refractivity contribution in [2.24, 2.45) is 5.73 Å². The number of amides is 2. The van der Waals surface area contributed by atoms with Gasteiger partial charge in [0.2, 0.25) is 11.8 Å². The summed E-state index contributed by atoms with van der Waals surface area (Å²) in [7, 11) is 0. The van der Waals surface area contributed by atoms with Crippen molar-refractivity contribution in [1.82, 2.24) is 9.80 Å². The van der Waals surface area contributed by atoms with Crippen LogP contribution in [0.5, 0.6) is 0 Å². The molecule has 2 fully saturated rings. The smallest absolute Gasteiger partial charge is 0.242 e. The Kier molecular flexibility index (Phi) is 4.45. The first-order chi connectivity index (χ1) is 9.07. The first-order valence-corrected chi connectivity index (χ1v) is 7.43. The predicted octanol–water partition coefficient (Wildman–Crippen LogP) is 0.729. The van der Waals surface area contributed by atoms with Crippen molar-refractivity contribution in [2.75, 3.05) is 26.2 Å². The van der Waals surface area contributed by atoms with Crippen molar-refractivity contribution in [3.8, 4) is 0 Å². The van der Waals surface area contributed by atoms with E-state index >= 15 is 0 Å². The molecule has 2 aliphatic rings. The molecule has 1 saturated heterocycles. The molecule has 0 bridgehead atoms. The lowest BCUT2D eigenvalue weighted by atomic mass is 9.97. The van der Waals surface area contributed by atoms with Crippen LogP contribution in [0.1, 0.15) is 45.4 Å². The molecule has 5 heteroatoms. The van der Waals surface area contributed by atoms with Crippen molar-refractivity contribution in [1.29, 1.82) is 0 Å². The maximum absolute atomic E-state index is 12.5. The molecule has 0 aromatic rings. The van der Waals surface area contributed by atoms with E-state index in [2.05, 4.69) is 0 Å². The molecule has 1 aliphatic carbocycles. The van der Waals surface area contributed by atoms with E-state index in [1.807, 2.05) is 16.7 Å². The minimum absolute atomic E-state index is 0.0933. The van der Waals surface area contributed by atoms with Gasteiger partial charge in [0.05, 0.1) is 5.54 Å². The van der Waals surface area contributed by atoms with Gasteiger partial charge in [-0.2, -0.15) is 0 Å². The van der Waals surface area contributed by atoms with Crippen LogP contribution in [0.15, 0.2) is 0 Å². The molecule has 2 N–H and O–H groups in total. The predicted molar refractivity (Wildman–Crippen MR) is 73.5 cm³/mol. The summed E-state index contributed by atoms with van der Waals surface area (Å²) in [6.45, 7) is 4.64. The van der Waals surface area contributed by atoms with Crippen LogP contribution in [-0.4, -0.2) is 53.3 Å². The third kappa shape index (κ3) is 3.08. The fourth-order valence-electron chi connectivity index (χ4n) is 3.13. The molecule has 19 heavy (non-hydrogen) atoms. The number of nitrogens with zero attached hydrogens (tertiary/aromatic N) is 2. The number of carbonyl (C=O) groups excluding carboxylic acids is 2. The van der Waals surface area contributed by atoms with Crippen molar-refractivity contribution in [3.05, 3.63) is 0 Å². The van der Waals surface area contributed by atoms with E-state index in [0.29, 0.717) is 19.5 Å². The molecule has 0 aromatic heterocycles. The summed E-state index contributed by atoms with van der Waals surface area (Å²) in [6.07, 6.45) is 5.11. The summed E-state index contributed by atoms with van der Waals surface area (Å²) in [5, 5.41) is 0. The van der Waals surface area contributed by atoms with E-state index in [4.69, 9.17) is 5.73 Å². The summed E-state index contributed by atoms with van der Waals surface area (Å²) >= 11 is 0. The summed E-state index contributed by atoms with van der Waals surface area (Å²) in [4.78, 5) is 28.0. The average molecular weight is 267 g/mol. The molecule has 2 rings (SSSR count). The number of carbonyl (C=O) groups is 2. The van der Waals surface area contributed by atoms with E-state index in [1.165, 1.54) is 0 Å². The summed E-state index contributed by atoms with van der Waals surface area (Å²) in [5.74, 6) is 0.272. The second-order valence-electron chi connectivity index (χ2n) is 5.74. The van der Waals surface area contributed by atoms with E-state index in [0.717, 1.165) is 45.2 Å². The lowest BCUT2D eigenvalue weighted by Crippen LogP contribution is -2.54. The summed E-state index contributed by atoms with van der Waals surface area (Å²) < 4.78 is 0. The normalized spacial score (nSPS) is 23.3. The molecule has 5 nitrogen and oxygen atoms in total. The number of hydrogen-bond donors (Lipinski definition) is 1. The van der Waals surface area contributed by atoms with Crippen LogP contribution < -0.4 is 5.73 Å². The van der Waals surface area contributed by atoms with Gasteiger partial charge in [0.1, 0.15) is 0 Å². The number of hydrogen-bond acceptors (Lipinski definition) is 3. The van der Waals surface area contributed by atoms with Crippen molar-refractivity contribution < 1.29 is 9.59 Å². The Morgan fingerprint density at radius 2 is 1.58 bits per heavy atom. The van der Waals surface area contributed by atoms with Crippen molar-refractivity contribution >= 4 is 11.8 Å². The molecule has 0 spiro atoms. The lowest BCUT2D eigenvalue weighted by molar-refractivity contribution is -0.137. The number of nitrogens with two attached hydrogens (primary N) is 1. The van der Waals surface area contributed by atoms with Gasteiger partial charge in [-0.3, -0.25) is 9.59 Å². The largest absolute Gasteiger partial charge is 0.341 e. The molecule has 1 aliphatic heterocycles. The molecule has 1 heterocycles. The highest BCUT2D eigenvalue weighted by Gasteiger charge is 2.40. The Labute approximate surface area is 115 Å². The molecule has 0 atom stereocenters. The molecule has 0 aromatic carbocycles. The van der Waals surface area contributed by atoms with E-state index in [1.54, 1.807) is 0 Å². The molecule has 2 amide bonds. The SMILES string of the molecule is CCC(=O)N1CCCN(C(=O)C2(N)CCCC2)CC1. The second kappa shape index (κ2) is 5.90. The van der Waals surface area contributed by atoms with E-state index in [-0.39, 0.29) is 11.8 Å². The number of rotatable bonds is 2. The molecule has 108 valence electrons. The van der Waals surface area contributed by atoms with Gasteiger partial charge in [0.15, 0.2) is 0 Å². The van der Waals surface area contributed by atoms with E-state index in [9.17, 15) is 9.59 Å². The van der Waals surface area contributed by atoms with Gasteiger partial charge >= 0.3 is 0 Å². The third-order valence-corrected chi connectivity index (χ3v) is 4.36. The zero-order chi connectivity index (χ0) is 13.9. The molecule has 1 saturated carbocycles. The molecular weight excluding hydrogens is 242 g/mol. The van der Waals surface area contributed by atoms with Crippen LogP contribution in [-0.2, 0) is 9.59 Å². The van der Waals surface area contributed by atoms with E-state index < -0.39 is 5.54 Å². The average Bonchev–Trinajstić information content (AvgIpc) is 2.73. The highest BCUT2D eigenvalue weighted by atomic mass is 16.2. The van der Waals surface area contributed by atoms with Gasteiger partial charge in [-0.05, 0) is 19.3 Å². The molecular formula is C14H25N3O2. The Bertz CT molecular complexity index is 351. The zero-order valence-electron chi connectivity index (χ0n) is 11.9. The van der Waals surface area contributed by atoms with Gasteiger partial charge in [0.25, 0.3) is 0 Å². The van der Waals surface area contributed by atoms with Crippen LogP contribution in [0.25, 0.3) is 0 Å². The van der Waals surface area contributed by atoms with Gasteiger partial charge in [-0.25, -0.2) is 0 Å². The van der Waals surface area contributed by atoms with Crippen molar-refractivity contribution in [3.63, 3.8) is 0 Å². The minimum atomic E-state index is -0.635. The molecule has 0 unspecified atom stereocenters.